The van der Waals surface area contributed by atoms with Crippen molar-refractivity contribution in [1.29, 1.82) is 0 Å². The highest BCUT2D eigenvalue weighted by molar-refractivity contribution is 5.78. The first-order chi connectivity index (χ1) is 10.7. The fourth-order valence-electron chi connectivity index (χ4n) is 2.19. The van der Waals surface area contributed by atoms with Gasteiger partial charge in [-0.2, -0.15) is 13.2 Å². The first kappa shape index (κ1) is 17.0. The molecule has 0 amide bonds. The molecule has 0 radical (unpaired) electrons. The molecule has 0 spiro atoms. The van der Waals surface area contributed by atoms with Crippen LogP contribution < -0.4 is 0 Å². The second kappa shape index (κ2) is 6.40. The highest BCUT2D eigenvalue weighted by Gasteiger charge is 2.30. The van der Waals surface area contributed by atoms with Crippen molar-refractivity contribution < 1.29 is 27.1 Å². The number of esters is 1. The molecule has 2 nitrogen and oxygen atoms in total. The summed E-state index contributed by atoms with van der Waals surface area (Å²) >= 11 is 0. The van der Waals surface area contributed by atoms with E-state index in [1.54, 1.807) is 13.0 Å². The molecule has 2 aromatic rings. The van der Waals surface area contributed by atoms with Crippen LogP contribution >= 0.6 is 0 Å². The van der Waals surface area contributed by atoms with Crippen LogP contribution in [0.5, 0.6) is 0 Å². The number of methoxy groups -OCH3 is 1. The molecule has 0 heterocycles. The molecule has 6 heteroatoms. The van der Waals surface area contributed by atoms with E-state index in [2.05, 4.69) is 4.74 Å². The molecule has 0 saturated carbocycles. The largest absolute Gasteiger partial charge is 0.469 e. The van der Waals surface area contributed by atoms with Gasteiger partial charge in [0.2, 0.25) is 0 Å². The van der Waals surface area contributed by atoms with Gasteiger partial charge >= 0.3 is 12.1 Å². The number of alkyl halides is 3. The molecule has 0 aliphatic heterocycles. The van der Waals surface area contributed by atoms with Crippen molar-refractivity contribution >= 4 is 5.97 Å². The summed E-state index contributed by atoms with van der Waals surface area (Å²) in [6.45, 7) is 1.58. The van der Waals surface area contributed by atoms with Gasteiger partial charge in [-0.1, -0.05) is 24.3 Å². The number of rotatable bonds is 3. The summed E-state index contributed by atoms with van der Waals surface area (Å²) in [4.78, 5) is 11.5. The quantitative estimate of drug-likeness (QED) is 0.599. The van der Waals surface area contributed by atoms with Gasteiger partial charge in [-0.05, 0) is 36.2 Å². The van der Waals surface area contributed by atoms with Crippen molar-refractivity contribution in [3.05, 3.63) is 59.4 Å². The van der Waals surface area contributed by atoms with Crippen LogP contribution in [0.3, 0.4) is 0 Å². The maximum absolute atomic E-state index is 14.2. The van der Waals surface area contributed by atoms with Gasteiger partial charge in [0, 0.05) is 5.56 Å². The van der Waals surface area contributed by atoms with E-state index in [1.165, 1.54) is 31.4 Å². The Morgan fingerprint density at radius 2 is 1.70 bits per heavy atom. The summed E-state index contributed by atoms with van der Waals surface area (Å²) in [7, 11) is 1.24. The van der Waals surface area contributed by atoms with Gasteiger partial charge in [-0.3, -0.25) is 4.79 Å². The smallest absolute Gasteiger partial charge is 0.416 e. The van der Waals surface area contributed by atoms with Crippen LogP contribution in [0.1, 0.15) is 24.0 Å². The molecule has 1 atom stereocenters. The zero-order valence-corrected chi connectivity index (χ0v) is 12.4. The van der Waals surface area contributed by atoms with E-state index in [1.807, 2.05) is 0 Å². The zero-order chi connectivity index (χ0) is 17.2. The number of ether oxygens (including phenoxy) is 1. The third-order valence-corrected chi connectivity index (χ3v) is 3.57. The Hall–Kier alpha value is -2.37. The van der Waals surface area contributed by atoms with Crippen molar-refractivity contribution in [3.63, 3.8) is 0 Å². The number of hydrogen-bond acceptors (Lipinski definition) is 2. The predicted molar refractivity (Wildman–Crippen MR) is 77.3 cm³/mol. The highest BCUT2D eigenvalue weighted by Crippen LogP contribution is 2.32. The van der Waals surface area contributed by atoms with E-state index < -0.39 is 29.4 Å². The van der Waals surface area contributed by atoms with Crippen LogP contribution in [0, 0.1) is 5.82 Å². The average Bonchev–Trinajstić information content (AvgIpc) is 2.52. The van der Waals surface area contributed by atoms with Crippen molar-refractivity contribution in [3.8, 4) is 11.1 Å². The molecule has 122 valence electrons. The summed E-state index contributed by atoms with van der Waals surface area (Å²) in [5, 5.41) is 0. The lowest BCUT2D eigenvalue weighted by Gasteiger charge is -2.12. The van der Waals surface area contributed by atoms with Gasteiger partial charge in [-0.25, -0.2) is 4.39 Å². The molecule has 2 aromatic carbocycles. The molecule has 0 fully saturated rings. The Bertz CT molecular complexity index is 706. The Morgan fingerprint density at radius 1 is 1.09 bits per heavy atom. The normalized spacial score (nSPS) is 12.8. The maximum atomic E-state index is 14.2. The van der Waals surface area contributed by atoms with Gasteiger partial charge in [0.05, 0.1) is 18.6 Å². The van der Waals surface area contributed by atoms with Gasteiger partial charge in [0.1, 0.15) is 5.82 Å². The van der Waals surface area contributed by atoms with Crippen LogP contribution in [0.4, 0.5) is 17.6 Å². The number of hydrogen-bond donors (Lipinski definition) is 0. The molecular formula is C17H14F4O2. The average molecular weight is 326 g/mol. The molecule has 2 rings (SSSR count). The van der Waals surface area contributed by atoms with Crippen molar-refractivity contribution in [2.75, 3.05) is 7.11 Å². The SMILES string of the molecule is COC(=O)C(C)c1ccc(-c2ccc(C(F)(F)F)cc2)c(F)c1. The summed E-state index contributed by atoms with van der Waals surface area (Å²) in [5.74, 6) is -1.74. The minimum Gasteiger partial charge on any atom is -0.469 e. The van der Waals surface area contributed by atoms with E-state index in [4.69, 9.17) is 0 Å². The van der Waals surface area contributed by atoms with Gasteiger partial charge in [0.25, 0.3) is 0 Å². The van der Waals surface area contributed by atoms with Gasteiger partial charge < -0.3 is 4.74 Å². The standard InChI is InChI=1S/C17H14F4O2/c1-10(16(22)23-2)12-5-8-14(15(18)9-12)11-3-6-13(7-4-11)17(19,20)21/h3-10H,1-2H3. The minimum absolute atomic E-state index is 0.166. The van der Waals surface area contributed by atoms with Crippen LogP contribution in [0.15, 0.2) is 42.5 Å². The Labute approximate surface area is 130 Å². The first-order valence-corrected chi connectivity index (χ1v) is 6.79. The monoisotopic (exact) mass is 326 g/mol. The number of carbonyl (C=O) groups is 1. The number of benzene rings is 2. The molecule has 1 unspecified atom stereocenters. The van der Waals surface area contributed by atoms with Crippen molar-refractivity contribution in [2.24, 2.45) is 0 Å². The molecular weight excluding hydrogens is 312 g/mol. The third-order valence-electron chi connectivity index (χ3n) is 3.57. The lowest BCUT2D eigenvalue weighted by atomic mass is 9.96. The molecule has 0 aromatic heterocycles. The predicted octanol–water partition coefficient (Wildman–Crippen LogP) is 4.79. The summed E-state index contributed by atoms with van der Waals surface area (Å²) in [6, 6.07) is 8.41. The lowest BCUT2D eigenvalue weighted by molar-refractivity contribution is -0.142. The molecule has 23 heavy (non-hydrogen) atoms. The second-order valence-electron chi connectivity index (χ2n) is 5.06. The van der Waals surface area contributed by atoms with Crippen LogP contribution in [-0.2, 0) is 15.7 Å². The van der Waals surface area contributed by atoms with E-state index >= 15 is 0 Å². The third kappa shape index (κ3) is 3.70. The fraction of sp³-hybridized carbons (Fsp3) is 0.235. The highest BCUT2D eigenvalue weighted by atomic mass is 19.4. The molecule has 0 aliphatic rings. The number of carbonyl (C=O) groups excluding carboxylic acids is 1. The van der Waals surface area contributed by atoms with Crippen LogP contribution in [0.25, 0.3) is 11.1 Å². The summed E-state index contributed by atoms with van der Waals surface area (Å²) in [5.41, 5.74) is 0.134. The summed E-state index contributed by atoms with van der Waals surface area (Å²) in [6.07, 6.45) is -4.43. The topological polar surface area (TPSA) is 26.3 Å². The van der Waals surface area contributed by atoms with Crippen molar-refractivity contribution in [1.82, 2.24) is 0 Å². The molecule has 0 aliphatic carbocycles. The van der Waals surface area contributed by atoms with Crippen molar-refractivity contribution in [2.45, 2.75) is 19.0 Å². The maximum Gasteiger partial charge on any atom is 0.416 e. The Balaban J connectivity index is 2.33. The van der Waals surface area contributed by atoms with E-state index in [9.17, 15) is 22.4 Å². The number of halogens is 4. The van der Waals surface area contributed by atoms with Crippen LogP contribution in [-0.4, -0.2) is 13.1 Å². The van der Waals surface area contributed by atoms with Crippen LogP contribution in [0.2, 0.25) is 0 Å². The zero-order valence-electron chi connectivity index (χ0n) is 12.4. The second-order valence-corrected chi connectivity index (χ2v) is 5.06. The van der Waals surface area contributed by atoms with Gasteiger partial charge in [-0.15, -0.1) is 0 Å². The van der Waals surface area contributed by atoms with Gasteiger partial charge in [0.15, 0.2) is 0 Å². The summed E-state index contributed by atoms with van der Waals surface area (Å²) < 4.78 is 56.4. The molecule has 0 N–H and O–H groups in total. The molecule has 0 bridgehead atoms. The fourth-order valence-corrected chi connectivity index (χ4v) is 2.19. The molecule has 0 saturated heterocycles. The lowest BCUT2D eigenvalue weighted by Crippen LogP contribution is -2.11. The van der Waals surface area contributed by atoms with E-state index in [0.717, 1.165) is 12.1 Å². The minimum atomic E-state index is -4.43. The first-order valence-electron chi connectivity index (χ1n) is 6.79. The van der Waals surface area contributed by atoms with E-state index in [-0.39, 0.29) is 5.56 Å². The van der Waals surface area contributed by atoms with E-state index in [0.29, 0.717) is 11.1 Å². The Kier molecular flexibility index (Phi) is 4.73. The Morgan fingerprint density at radius 3 is 2.17 bits per heavy atom.